The average molecular weight is 112 g/mol. The molecule has 1 rings (SSSR count). The zero-order valence-electron chi connectivity index (χ0n) is 6.15. The molecule has 0 spiro atoms. The highest BCUT2D eigenvalue weighted by Crippen LogP contribution is 2.42. The Balaban J connectivity index is 2.05. The molecule has 1 aliphatic carbocycles. The molecule has 0 bridgehead atoms. The fraction of sp³-hybridized carbons (Fsp3) is 1.00. The van der Waals surface area contributed by atoms with Gasteiger partial charge in [-0.2, -0.15) is 0 Å². The zero-order chi connectivity index (χ0) is 6.15. The van der Waals surface area contributed by atoms with Crippen molar-refractivity contribution < 1.29 is 0 Å². The molecular weight excluding hydrogens is 96.1 g/mol. The SMILES string of the molecule is CC(C)C[C@@H]1C[C@H]1C. The van der Waals surface area contributed by atoms with E-state index in [1.54, 1.807) is 0 Å². The predicted octanol–water partition coefficient (Wildman–Crippen LogP) is 2.69. The Morgan fingerprint density at radius 2 is 2.00 bits per heavy atom. The first-order chi connectivity index (χ1) is 3.70. The average Bonchev–Trinajstić information content (AvgIpc) is 2.17. The Labute approximate surface area is 52.3 Å². The quantitative estimate of drug-likeness (QED) is 0.515. The van der Waals surface area contributed by atoms with Gasteiger partial charge in [-0.3, -0.25) is 0 Å². The number of rotatable bonds is 2. The third kappa shape index (κ3) is 1.50. The summed E-state index contributed by atoms with van der Waals surface area (Å²) in [6.45, 7) is 6.98. The van der Waals surface area contributed by atoms with Crippen molar-refractivity contribution in [1.82, 2.24) is 0 Å². The molecule has 0 radical (unpaired) electrons. The van der Waals surface area contributed by atoms with Gasteiger partial charge in [-0.15, -0.1) is 0 Å². The van der Waals surface area contributed by atoms with Crippen LogP contribution in [0.1, 0.15) is 33.6 Å². The Morgan fingerprint density at radius 1 is 1.50 bits per heavy atom. The molecule has 0 aromatic rings. The number of hydrogen-bond donors (Lipinski definition) is 0. The maximum Gasteiger partial charge on any atom is -0.0383 e. The van der Waals surface area contributed by atoms with E-state index in [2.05, 4.69) is 20.8 Å². The molecule has 0 saturated heterocycles. The molecule has 2 atom stereocenters. The van der Waals surface area contributed by atoms with Crippen molar-refractivity contribution in [2.75, 3.05) is 0 Å². The van der Waals surface area contributed by atoms with Gasteiger partial charge in [-0.25, -0.2) is 0 Å². The molecule has 0 aromatic heterocycles. The second-order valence-corrected chi connectivity index (χ2v) is 3.60. The van der Waals surface area contributed by atoms with Crippen molar-refractivity contribution in [2.24, 2.45) is 17.8 Å². The molecule has 0 N–H and O–H groups in total. The Morgan fingerprint density at radius 3 is 2.12 bits per heavy atom. The molecule has 8 heavy (non-hydrogen) atoms. The Kier molecular flexibility index (Phi) is 1.59. The summed E-state index contributed by atoms with van der Waals surface area (Å²) in [4.78, 5) is 0. The van der Waals surface area contributed by atoms with Crippen LogP contribution in [0.3, 0.4) is 0 Å². The Hall–Kier alpha value is 0. The van der Waals surface area contributed by atoms with Crippen LogP contribution in [-0.2, 0) is 0 Å². The molecule has 0 amide bonds. The Bertz CT molecular complexity index is 74.1. The van der Waals surface area contributed by atoms with E-state index in [9.17, 15) is 0 Å². The van der Waals surface area contributed by atoms with Gasteiger partial charge in [0.1, 0.15) is 0 Å². The normalized spacial score (nSPS) is 36.0. The summed E-state index contributed by atoms with van der Waals surface area (Å²) in [5.41, 5.74) is 0. The number of hydrogen-bond acceptors (Lipinski definition) is 0. The highest BCUT2D eigenvalue weighted by atomic mass is 14.4. The molecule has 0 heteroatoms. The molecule has 1 fully saturated rings. The minimum absolute atomic E-state index is 0.921. The summed E-state index contributed by atoms with van der Waals surface area (Å²) in [6.07, 6.45) is 2.96. The molecule has 1 aliphatic rings. The van der Waals surface area contributed by atoms with E-state index < -0.39 is 0 Å². The van der Waals surface area contributed by atoms with Gasteiger partial charge in [0.2, 0.25) is 0 Å². The zero-order valence-corrected chi connectivity index (χ0v) is 6.15. The van der Waals surface area contributed by atoms with Crippen LogP contribution in [0, 0.1) is 17.8 Å². The van der Waals surface area contributed by atoms with Crippen LogP contribution >= 0.6 is 0 Å². The predicted molar refractivity (Wildman–Crippen MR) is 36.7 cm³/mol. The van der Waals surface area contributed by atoms with Gasteiger partial charge in [0.25, 0.3) is 0 Å². The first-order valence-electron chi connectivity index (χ1n) is 3.70. The minimum Gasteiger partial charge on any atom is -0.0628 e. The highest BCUT2D eigenvalue weighted by molar-refractivity contribution is 4.82. The van der Waals surface area contributed by atoms with Gasteiger partial charge >= 0.3 is 0 Å². The van der Waals surface area contributed by atoms with E-state index in [1.165, 1.54) is 12.8 Å². The van der Waals surface area contributed by atoms with Gasteiger partial charge < -0.3 is 0 Å². The third-order valence-electron chi connectivity index (χ3n) is 2.05. The summed E-state index contributed by atoms with van der Waals surface area (Å²) in [7, 11) is 0. The van der Waals surface area contributed by atoms with Crippen molar-refractivity contribution in [1.29, 1.82) is 0 Å². The van der Waals surface area contributed by atoms with Gasteiger partial charge in [0, 0.05) is 0 Å². The second kappa shape index (κ2) is 2.08. The van der Waals surface area contributed by atoms with Gasteiger partial charge in [-0.1, -0.05) is 20.8 Å². The van der Waals surface area contributed by atoms with Gasteiger partial charge in [0.15, 0.2) is 0 Å². The van der Waals surface area contributed by atoms with E-state index in [0.29, 0.717) is 0 Å². The summed E-state index contributed by atoms with van der Waals surface area (Å²) in [6, 6.07) is 0. The van der Waals surface area contributed by atoms with Crippen LogP contribution in [0.25, 0.3) is 0 Å². The lowest BCUT2D eigenvalue weighted by atomic mass is 10.1. The fourth-order valence-corrected chi connectivity index (χ4v) is 1.33. The fourth-order valence-electron chi connectivity index (χ4n) is 1.33. The lowest BCUT2D eigenvalue weighted by Crippen LogP contribution is -1.88. The second-order valence-electron chi connectivity index (χ2n) is 3.60. The maximum atomic E-state index is 2.35. The molecule has 0 nitrogen and oxygen atoms in total. The molecule has 0 unspecified atom stereocenters. The maximum absolute atomic E-state index is 2.35. The van der Waals surface area contributed by atoms with Gasteiger partial charge in [0.05, 0.1) is 0 Å². The largest absolute Gasteiger partial charge is 0.0628 e. The smallest absolute Gasteiger partial charge is 0.0383 e. The first-order valence-corrected chi connectivity index (χ1v) is 3.70. The topological polar surface area (TPSA) is 0 Å². The lowest BCUT2D eigenvalue weighted by Gasteiger charge is -1.99. The monoisotopic (exact) mass is 112 g/mol. The van der Waals surface area contributed by atoms with E-state index in [1.807, 2.05) is 0 Å². The van der Waals surface area contributed by atoms with Crippen molar-refractivity contribution >= 4 is 0 Å². The standard InChI is InChI=1S/C8H16/c1-6(2)4-8-5-7(8)3/h6-8H,4-5H2,1-3H3/t7-,8-/m1/s1. The molecule has 1 saturated carbocycles. The van der Waals surface area contributed by atoms with Crippen molar-refractivity contribution in [3.63, 3.8) is 0 Å². The summed E-state index contributed by atoms with van der Waals surface area (Å²) >= 11 is 0. The van der Waals surface area contributed by atoms with E-state index in [-0.39, 0.29) is 0 Å². The van der Waals surface area contributed by atoms with Crippen molar-refractivity contribution in [2.45, 2.75) is 33.6 Å². The van der Waals surface area contributed by atoms with Crippen LogP contribution in [0.4, 0.5) is 0 Å². The van der Waals surface area contributed by atoms with E-state index in [4.69, 9.17) is 0 Å². The van der Waals surface area contributed by atoms with Crippen LogP contribution in [0.15, 0.2) is 0 Å². The van der Waals surface area contributed by atoms with Crippen LogP contribution in [0.5, 0.6) is 0 Å². The van der Waals surface area contributed by atoms with Gasteiger partial charge in [-0.05, 0) is 30.6 Å². The van der Waals surface area contributed by atoms with Crippen molar-refractivity contribution in [3.05, 3.63) is 0 Å². The van der Waals surface area contributed by atoms with Crippen LogP contribution < -0.4 is 0 Å². The summed E-state index contributed by atoms with van der Waals surface area (Å²) in [5, 5.41) is 0. The molecule has 0 aromatic carbocycles. The molecule has 48 valence electrons. The van der Waals surface area contributed by atoms with E-state index >= 15 is 0 Å². The molecule has 0 heterocycles. The third-order valence-corrected chi connectivity index (χ3v) is 2.05. The minimum atomic E-state index is 0.921. The summed E-state index contributed by atoms with van der Waals surface area (Å²) in [5.74, 6) is 3.07. The van der Waals surface area contributed by atoms with Crippen molar-refractivity contribution in [3.8, 4) is 0 Å². The molecular formula is C8H16. The highest BCUT2D eigenvalue weighted by Gasteiger charge is 2.32. The van der Waals surface area contributed by atoms with Crippen LogP contribution in [0.2, 0.25) is 0 Å². The first kappa shape index (κ1) is 6.12. The lowest BCUT2D eigenvalue weighted by molar-refractivity contribution is 0.520. The van der Waals surface area contributed by atoms with E-state index in [0.717, 1.165) is 17.8 Å². The van der Waals surface area contributed by atoms with Crippen LogP contribution in [-0.4, -0.2) is 0 Å². The summed E-state index contributed by atoms with van der Waals surface area (Å²) < 4.78 is 0. The molecule has 0 aliphatic heterocycles.